The van der Waals surface area contributed by atoms with Crippen LogP contribution in [0.5, 0.6) is 0 Å². The van der Waals surface area contributed by atoms with Crippen LogP contribution >= 0.6 is 0 Å². The maximum atomic E-state index is 2.68. The standard InChI is InChI=1S/C64H53BN4/c1-42-38-56-60-57(39-42)69-61-50-32-19-20-33-51(50)64(5,6)59(61)58-54(67(46-27-15-9-16-28-46)47-29-17-10-18-30-47)37-36-53(62(58)69)65(60)52-35-34-49(66(44-23-11-7-12-24-44)45-25-13-8-14-26-45)41-55(52)68(56)48-31-21-22-43(40-48)63(2,3)4/h7-41H,1-6H3. The van der Waals surface area contributed by atoms with Crippen LogP contribution in [-0.2, 0) is 10.8 Å². The zero-order valence-electron chi connectivity index (χ0n) is 40.1. The van der Waals surface area contributed by atoms with Gasteiger partial charge in [0, 0.05) is 67.6 Å². The molecule has 9 aromatic carbocycles. The molecule has 2 aliphatic heterocycles. The molecule has 0 fully saturated rings. The summed E-state index contributed by atoms with van der Waals surface area (Å²) in [6.07, 6.45) is 0. The monoisotopic (exact) mass is 888 g/mol. The lowest BCUT2D eigenvalue weighted by atomic mass is 9.33. The van der Waals surface area contributed by atoms with Crippen LogP contribution in [0.1, 0.15) is 56.9 Å². The van der Waals surface area contributed by atoms with Crippen molar-refractivity contribution >= 4 is 85.2 Å². The van der Waals surface area contributed by atoms with Crippen molar-refractivity contribution in [2.45, 2.75) is 52.4 Å². The summed E-state index contributed by atoms with van der Waals surface area (Å²) in [7, 11) is 0. The fourth-order valence-corrected chi connectivity index (χ4v) is 12.0. The number of aromatic nitrogens is 1. The van der Waals surface area contributed by atoms with Gasteiger partial charge in [0.05, 0.1) is 16.9 Å². The predicted molar refractivity (Wildman–Crippen MR) is 293 cm³/mol. The maximum Gasteiger partial charge on any atom is 0.252 e. The van der Waals surface area contributed by atoms with Crippen molar-refractivity contribution in [3.63, 3.8) is 0 Å². The molecule has 69 heavy (non-hydrogen) atoms. The van der Waals surface area contributed by atoms with E-state index in [9.17, 15) is 0 Å². The van der Waals surface area contributed by atoms with Crippen molar-refractivity contribution in [3.05, 3.63) is 235 Å². The predicted octanol–water partition coefficient (Wildman–Crippen LogP) is 15.1. The Hall–Kier alpha value is -8.02. The summed E-state index contributed by atoms with van der Waals surface area (Å²) in [5.41, 5.74) is 24.5. The number of fused-ring (bicyclic) bond motifs is 9. The Morgan fingerprint density at radius 2 is 1.06 bits per heavy atom. The van der Waals surface area contributed by atoms with Crippen molar-refractivity contribution in [1.82, 2.24) is 4.57 Å². The second-order valence-electron chi connectivity index (χ2n) is 20.7. The molecule has 4 nitrogen and oxygen atoms in total. The first-order chi connectivity index (χ1) is 33.6. The molecule has 0 N–H and O–H groups in total. The summed E-state index contributed by atoms with van der Waals surface area (Å²) in [6, 6.07) is 78.9. The molecule has 0 amide bonds. The quantitative estimate of drug-likeness (QED) is 0.148. The molecule has 10 aromatic rings. The van der Waals surface area contributed by atoms with Crippen molar-refractivity contribution in [2.75, 3.05) is 14.7 Å². The van der Waals surface area contributed by atoms with Crippen LogP contribution < -0.4 is 31.1 Å². The maximum absolute atomic E-state index is 2.68. The van der Waals surface area contributed by atoms with Gasteiger partial charge in [-0.05, 0) is 142 Å². The van der Waals surface area contributed by atoms with E-state index in [0.29, 0.717) is 0 Å². The SMILES string of the molecule is Cc1cc2c3c(c1)-n1c4c(c5c(N(c6ccccc6)c6ccccc6)ccc(c51)B3c1ccc(N(c3ccccc3)c3ccccc3)cc1N2c1cccc(C(C)(C)C)c1)C(C)(C)c1ccccc1-4. The molecule has 0 radical (unpaired) electrons. The Kier molecular flexibility index (Phi) is 9.10. The molecule has 1 aliphatic carbocycles. The fourth-order valence-electron chi connectivity index (χ4n) is 12.0. The molecule has 0 spiro atoms. The molecule has 0 atom stereocenters. The zero-order valence-corrected chi connectivity index (χ0v) is 40.1. The Morgan fingerprint density at radius 1 is 0.493 bits per heavy atom. The molecular formula is C64H53BN4. The Bertz CT molecular complexity index is 3570. The third kappa shape index (κ3) is 6.16. The van der Waals surface area contributed by atoms with E-state index in [2.05, 4.69) is 273 Å². The summed E-state index contributed by atoms with van der Waals surface area (Å²) in [5, 5.41) is 1.31. The van der Waals surface area contributed by atoms with Crippen LogP contribution in [0.2, 0.25) is 0 Å². The van der Waals surface area contributed by atoms with Crippen molar-refractivity contribution in [1.29, 1.82) is 0 Å². The fraction of sp³-hybridized carbons (Fsp3) is 0.125. The van der Waals surface area contributed by atoms with Gasteiger partial charge in [0.15, 0.2) is 0 Å². The van der Waals surface area contributed by atoms with E-state index in [1.54, 1.807) is 0 Å². The first-order valence-electron chi connectivity index (χ1n) is 24.4. The van der Waals surface area contributed by atoms with Gasteiger partial charge in [0.1, 0.15) is 0 Å². The summed E-state index contributed by atoms with van der Waals surface area (Å²) in [6.45, 7) is 14.1. The normalized spacial score (nSPS) is 13.7. The molecule has 5 heteroatoms. The van der Waals surface area contributed by atoms with Gasteiger partial charge in [0.25, 0.3) is 6.71 Å². The number of para-hydroxylation sites is 4. The molecule has 332 valence electrons. The largest absolute Gasteiger partial charge is 0.311 e. The molecule has 3 aliphatic rings. The molecule has 0 bridgehead atoms. The molecule has 0 unspecified atom stereocenters. The summed E-state index contributed by atoms with van der Waals surface area (Å²) in [4.78, 5) is 7.45. The van der Waals surface area contributed by atoms with Crippen molar-refractivity contribution in [2.24, 2.45) is 0 Å². The van der Waals surface area contributed by atoms with Gasteiger partial charge in [-0.3, -0.25) is 0 Å². The average Bonchev–Trinajstić information content (AvgIpc) is 3.85. The third-order valence-electron chi connectivity index (χ3n) is 15.1. The second kappa shape index (κ2) is 15.2. The number of benzene rings is 9. The van der Waals surface area contributed by atoms with E-state index in [1.807, 2.05) is 0 Å². The second-order valence-corrected chi connectivity index (χ2v) is 20.7. The van der Waals surface area contributed by atoms with E-state index in [0.717, 1.165) is 34.1 Å². The summed E-state index contributed by atoms with van der Waals surface area (Å²) in [5.74, 6) is 0. The number of aryl methyl sites for hydroxylation is 1. The van der Waals surface area contributed by atoms with Crippen LogP contribution in [0.3, 0.4) is 0 Å². The van der Waals surface area contributed by atoms with Gasteiger partial charge in [0.2, 0.25) is 0 Å². The van der Waals surface area contributed by atoms with Gasteiger partial charge >= 0.3 is 0 Å². The highest BCUT2D eigenvalue weighted by molar-refractivity contribution is 7.00. The minimum absolute atomic E-state index is 0.0377. The van der Waals surface area contributed by atoms with Crippen LogP contribution in [0.25, 0.3) is 27.8 Å². The van der Waals surface area contributed by atoms with Gasteiger partial charge in [-0.25, -0.2) is 0 Å². The smallest absolute Gasteiger partial charge is 0.252 e. The molecule has 0 saturated carbocycles. The number of nitrogens with zero attached hydrogens (tertiary/aromatic N) is 4. The third-order valence-corrected chi connectivity index (χ3v) is 15.1. The molecular weight excluding hydrogens is 836 g/mol. The van der Waals surface area contributed by atoms with Gasteiger partial charge < -0.3 is 19.3 Å². The minimum Gasteiger partial charge on any atom is -0.311 e. The molecule has 3 heterocycles. The van der Waals surface area contributed by atoms with Gasteiger partial charge in [-0.2, -0.15) is 0 Å². The lowest BCUT2D eigenvalue weighted by molar-refractivity contribution is 0.590. The number of hydrogen-bond donors (Lipinski definition) is 0. The van der Waals surface area contributed by atoms with Crippen molar-refractivity contribution < 1.29 is 0 Å². The van der Waals surface area contributed by atoms with Crippen LogP contribution in [0.15, 0.2) is 212 Å². The summed E-state index contributed by atoms with van der Waals surface area (Å²) >= 11 is 0. The van der Waals surface area contributed by atoms with E-state index < -0.39 is 0 Å². The average molecular weight is 889 g/mol. The molecule has 13 rings (SSSR count). The van der Waals surface area contributed by atoms with Crippen LogP contribution in [0.4, 0.5) is 51.2 Å². The lowest BCUT2D eigenvalue weighted by Crippen LogP contribution is -2.60. The van der Waals surface area contributed by atoms with E-state index in [-0.39, 0.29) is 17.5 Å². The Balaban J connectivity index is 1.16. The van der Waals surface area contributed by atoms with E-state index in [4.69, 9.17) is 0 Å². The first-order valence-corrected chi connectivity index (χ1v) is 24.4. The Labute approximate surface area is 406 Å². The topological polar surface area (TPSA) is 14.7 Å². The number of anilines is 9. The molecule has 1 aromatic heterocycles. The van der Waals surface area contributed by atoms with E-state index >= 15 is 0 Å². The van der Waals surface area contributed by atoms with Gasteiger partial charge in [-0.15, -0.1) is 0 Å². The van der Waals surface area contributed by atoms with Crippen LogP contribution in [0, 0.1) is 6.92 Å². The highest BCUT2D eigenvalue weighted by Crippen LogP contribution is 2.57. The number of rotatable bonds is 7. The lowest BCUT2D eigenvalue weighted by Gasteiger charge is -2.42. The number of hydrogen-bond acceptors (Lipinski definition) is 3. The molecule has 0 saturated heterocycles. The minimum atomic E-state index is -0.279. The first kappa shape index (κ1) is 41.2. The summed E-state index contributed by atoms with van der Waals surface area (Å²) < 4.78 is 2.68. The zero-order chi connectivity index (χ0) is 46.8. The highest BCUT2D eigenvalue weighted by atomic mass is 15.2. The Morgan fingerprint density at radius 3 is 1.68 bits per heavy atom. The van der Waals surface area contributed by atoms with Gasteiger partial charge in [-0.1, -0.05) is 156 Å². The van der Waals surface area contributed by atoms with Crippen molar-refractivity contribution in [3.8, 4) is 16.9 Å². The van der Waals surface area contributed by atoms with E-state index in [1.165, 1.54) is 83.6 Å². The highest BCUT2D eigenvalue weighted by Gasteiger charge is 2.48. The van der Waals surface area contributed by atoms with Crippen LogP contribution in [-0.4, -0.2) is 11.3 Å².